The normalized spacial score (nSPS) is 16.0. The molecule has 0 aliphatic carbocycles. The molecule has 1 fully saturated rings. The van der Waals surface area contributed by atoms with Gasteiger partial charge < -0.3 is 10.0 Å². The number of carbonyl (C=O) groups excluding carboxylic acids is 1. The van der Waals surface area contributed by atoms with Crippen molar-refractivity contribution in [3.05, 3.63) is 21.4 Å². The molecule has 0 unspecified atom stereocenters. The van der Waals surface area contributed by atoms with Crippen LogP contribution in [-0.4, -0.2) is 51.3 Å². The molecule has 4 nitrogen and oxygen atoms in total. The van der Waals surface area contributed by atoms with E-state index in [-0.39, 0.29) is 12.5 Å². The predicted molar refractivity (Wildman–Crippen MR) is 76.8 cm³/mol. The summed E-state index contributed by atoms with van der Waals surface area (Å²) < 4.78 is 11.3. The van der Waals surface area contributed by atoms with E-state index in [1.165, 1.54) is 11.3 Å². The maximum absolute atomic E-state index is 12.3. The third-order valence-electron chi connectivity index (χ3n) is 2.87. The summed E-state index contributed by atoms with van der Waals surface area (Å²) in [5, 5.41) is 8.69. The Kier molecular flexibility index (Phi) is 4.75. The average molecular weight is 297 g/mol. The molecule has 1 N–H and O–H groups in total. The zero-order valence-electron chi connectivity index (χ0n) is 10.6. The van der Waals surface area contributed by atoms with Crippen molar-refractivity contribution in [3.63, 3.8) is 0 Å². The first kappa shape index (κ1) is 14.3. The smallest absolute Gasteiger partial charge is 0.264 e. The van der Waals surface area contributed by atoms with E-state index in [1.807, 2.05) is 13.0 Å². The second kappa shape index (κ2) is 6.33. The highest BCUT2D eigenvalue weighted by Gasteiger charge is 2.22. The highest BCUT2D eigenvalue weighted by Crippen LogP contribution is 2.22. The number of carbonyl (C=O) groups is 1. The van der Waals surface area contributed by atoms with Crippen LogP contribution in [0.15, 0.2) is 6.07 Å². The summed E-state index contributed by atoms with van der Waals surface area (Å²) in [6.07, 6.45) is 0. The molecule has 102 valence electrons. The Labute approximate surface area is 118 Å². The monoisotopic (exact) mass is 297 g/mol. The Morgan fingerprint density at radius 1 is 1.53 bits per heavy atom. The Hall–Kier alpha value is -1.16. The minimum atomic E-state index is -0.778. The van der Waals surface area contributed by atoms with E-state index >= 15 is 0 Å². The van der Waals surface area contributed by atoms with Crippen molar-refractivity contribution in [1.82, 2.24) is 4.90 Å². The highest BCUT2D eigenvalue weighted by atomic mass is 32.2. The summed E-state index contributed by atoms with van der Waals surface area (Å²) in [7, 11) is -0.778. The molecular formula is C13H15NO3S2. The molecule has 1 aliphatic heterocycles. The Bertz CT molecular complexity index is 558. The van der Waals surface area contributed by atoms with Gasteiger partial charge in [0.2, 0.25) is 0 Å². The van der Waals surface area contributed by atoms with Gasteiger partial charge in [0.05, 0.1) is 9.75 Å². The molecule has 0 aromatic carbocycles. The molecule has 0 radical (unpaired) electrons. The quantitative estimate of drug-likeness (QED) is 0.773. The van der Waals surface area contributed by atoms with E-state index in [1.54, 1.807) is 4.90 Å². The van der Waals surface area contributed by atoms with Crippen LogP contribution in [0.1, 0.15) is 20.1 Å². The molecular weight excluding hydrogens is 282 g/mol. The third kappa shape index (κ3) is 3.44. The largest absolute Gasteiger partial charge is 0.384 e. The fraction of sp³-hybridized carbons (Fsp3) is 0.462. The summed E-state index contributed by atoms with van der Waals surface area (Å²) in [4.78, 5) is 15.5. The average Bonchev–Trinajstić information content (AvgIpc) is 2.78. The van der Waals surface area contributed by atoms with Crippen LogP contribution >= 0.6 is 11.3 Å². The van der Waals surface area contributed by atoms with Gasteiger partial charge in [0.1, 0.15) is 6.61 Å². The number of hydrogen-bond acceptors (Lipinski definition) is 4. The molecule has 1 aromatic rings. The topological polar surface area (TPSA) is 57.6 Å². The molecule has 0 atom stereocenters. The van der Waals surface area contributed by atoms with Gasteiger partial charge in [-0.1, -0.05) is 11.8 Å². The van der Waals surface area contributed by atoms with Gasteiger partial charge in [-0.2, -0.15) is 0 Å². The van der Waals surface area contributed by atoms with Crippen molar-refractivity contribution in [2.24, 2.45) is 0 Å². The summed E-state index contributed by atoms with van der Waals surface area (Å²) in [6, 6.07) is 1.83. The first-order valence-electron chi connectivity index (χ1n) is 5.96. The minimum Gasteiger partial charge on any atom is -0.384 e. The fourth-order valence-electron chi connectivity index (χ4n) is 1.83. The van der Waals surface area contributed by atoms with E-state index in [2.05, 4.69) is 11.8 Å². The predicted octanol–water partition coefficient (Wildman–Crippen LogP) is 0.605. The van der Waals surface area contributed by atoms with Gasteiger partial charge >= 0.3 is 0 Å². The summed E-state index contributed by atoms with van der Waals surface area (Å²) in [6.45, 7) is 2.83. The fourth-order valence-corrected chi connectivity index (χ4v) is 3.90. The van der Waals surface area contributed by atoms with Crippen LogP contribution in [-0.2, 0) is 10.8 Å². The van der Waals surface area contributed by atoms with Crippen molar-refractivity contribution >= 4 is 28.0 Å². The molecule has 19 heavy (non-hydrogen) atoms. The number of amides is 1. The lowest BCUT2D eigenvalue weighted by Crippen LogP contribution is -2.41. The van der Waals surface area contributed by atoms with Crippen LogP contribution < -0.4 is 0 Å². The van der Waals surface area contributed by atoms with Gasteiger partial charge in [-0.3, -0.25) is 9.00 Å². The van der Waals surface area contributed by atoms with E-state index in [0.29, 0.717) is 29.5 Å². The van der Waals surface area contributed by atoms with Crippen LogP contribution in [0.2, 0.25) is 0 Å². The van der Waals surface area contributed by atoms with E-state index in [0.717, 1.165) is 10.4 Å². The van der Waals surface area contributed by atoms with Gasteiger partial charge in [-0.05, 0) is 18.6 Å². The zero-order chi connectivity index (χ0) is 13.8. The van der Waals surface area contributed by atoms with E-state index in [9.17, 15) is 9.00 Å². The second-order valence-electron chi connectivity index (χ2n) is 4.22. The summed E-state index contributed by atoms with van der Waals surface area (Å²) in [5.41, 5.74) is 0.954. The first-order valence-corrected chi connectivity index (χ1v) is 8.26. The number of hydrogen-bond donors (Lipinski definition) is 1. The molecule has 1 saturated heterocycles. The minimum absolute atomic E-state index is 0.0122. The highest BCUT2D eigenvalue weighted by molar-refractivity contribution is 7.85. The molecule has 2 heterocycles. The van der Waals surface area contributed by atoms with Crippen molar-refractivity contribution in [2.75, 3.05) is 31.2 Å². The second-order valence-corrected chi connectivity index (χ2v) is 6.97. The van der Waals surface area contributed by atoms with Crippen LogP contribution in [0.3, 0.4) is 0 Å². The lowest BCUT2D eigenvalue weighted by Gasteiger charge is -2.25. The number of aryl methyl sites for hydroxylation is 1. The zero-order valence-corrected chi connectivity index (χ0v) is 12.3. The number of thiophene rings is 1. The van der Waals surface area contributed by atoms with Crippen LogP contribution in [0.4, 0.5) is 0 Å². The van der Waals surface area contributed by atoms with Gasteiger partial charge in [0.25, 0.3) is 5.91 Å². The number of aliphatic hydroxyl groups is 1. The van der Waals surface area contributed by atoms with Crippen LogP contribution in [0.25, 0.3) is 0 Å². The van der Waals surface area contributed by atoms with Crippen molar-refractivity contribution < 1.29 is 14.1 Å². The molecule has 6 heteroatoms. The number of rotatable bonds is 1. The maximum Gasteiger partial charge on any atom is 0.264 e. The van der Waals surface area contributed by atoms with Crippen molar-refractivity contribution in [3.8, 4) is 11.8 Å². The summed E-state index contributed by atoms with van der Waals surface area (Å²) >= 11 is 1.35. The standard InChI is InChI=1S/C13H15NO3S2/c1-10-9-12(18-11(10)3-2-6-15)13(16)14-4-7-19(17)8-5-14/h9,15H,4-8H2,1H3. The molecule has 0 bridgehead atoms. The Balaban J connectivity index is 2.13. The van der Waals surface area contributed by atoms with Gasteiger partial charge in [-0.25, -0.2) is 0 Å². The van der Waals surface area contributed by atoms with Crippen molar-refractivity contribution in [1.29, 1.82) is 0 Å². The third-order valence-corrected chi connectivity index (χ3v) is 5.29. The van der Waals surface area contributed by atoms with Crippen molar-refractivity contribution in [2.45, 2.75) is 6.92 Å². The molecule has 0 spiro atoms. The van der Waals surface area contributed by atoms with Crippen LogP contribution in [0, 0.1) is 18.8 Å². The SMILES string of the molecule is Cc1cc(C(=O)N2CCS(=O)CC2)sc1C#CCO. The number of nitrogens with zero attached hydrogens (tertiary/aromatic N) is 1. The molecule has 0 saturated carbocycles. The molecule has 1 aromatic heterocycles. The lowest BCUT2D eigenvalue weighted by atomic mass is 10.2. The lowest BCUT2D eigenvalue weighted by molar-refractivity contribution is 0.0776. The maximum atomic E-state index is 12.3. The Morgan fingerprint density at radius 3 is 2.84 bits per heavy atom. The molecule has 1 aliphatic rings. The van der Waals surface area contributed by atoms with Gasteiger partial charge in [0.15, 0.2) is 0 Å². The molecule has 2 rings (SSSR count). The van der Waals surface area contributed by atoms with Gasteiger partial charge in [0, 0.05) is 35.4 Å². The van der Waals surface area contributed by atoms with Gasteiger partial charge in [-0.15, -0.1) is 11.3 Å². The number of aliphatic hydroxyl groups excluding tert-OH is 1. The van der Waals surface area contributed by atoms with Crippen LogP contribution in [0.5, 0.6) is 0 Å². The summed E-state index contributed by atoms with van der Waals surface area (Å²) in [5.74, 6) is 6.55. The Morgan fingerprint density at radius 2 is 2.21 bits per heavy atom. The first-order chi connectivity index (χ1) is 9.11. The van der Waals surface area contributed by atoms with E-state index < -0.39 is 10.8 Å². The molecule has 1 amide bonds. The van der Waals surface area contributed by atoms with E-state index in [4.69, 9.17) is 5.11 Å².